The van der Waals surface area contributed by atoms with E-state index < -0.39 is 20.7 Å². The number of hydrogen-bond donors (Lipinski definition) is 2. The number of amides is 1. The maximum atomic E-state index is 12.3. The van der Waals surface area contributed by atoms with Gasteiger partial charge in [0, 0.05) is 43.9 Å². The molecule has 9 nitrogen and oxygen atoms in total. The summed E-state index contributed by atoms with van der Waals surface area (Å²) in [6.07, 6.45) is 0. The van der Waals surface area contributed by atoms with Gasteiger partial charge in [0.2, 0.25) is 10.0 Å². The molecule has 1 saturated heterocycles. The molecule has 1 aliphatic heterocycles. The van der Waals surface area contributed by atoms with Gasteiger partial charge in [-0.05, 0) is 62.7 Å². The highest BCUT2D eigenvalue weighted by Crippen LogP contribution is 2.18. The van der Waals surface area contributed by atoms with Crippen molar-refractivity contribution in [3.05, 3.63) is 83.0 Å². The number of rotatable bonds is 5. The molecule has 0 atom stereocenters. The Balaban J connectivity index is 1.35. The quantitative estimate of drug-likeness (QED) is 0.481. The van der Waals surface area contributed by atoms with Gasteiger partial charge in [-0.3, -0.25) is 9.69 Å². The van der Waals surface area contributed by atoms with Crippen molar-refractivity contribution in [2.45, 2.75) is 32.1 Å². The molecule has 38 heavy (non-hydrogen) atoms. The fourth-order valence-corrected chi connectivity index (χ4v) is 4.48. The van der Waals surface area contributed by atoms with E-state index in [-0.39, 0.29) is 11.4 Å². The number of anilines is 1. The predicted molar refractivity (Wildman–Crippen MR) is 146 cm³/mol. The second kappa shape index (κ2) is 11.2. The van der Waals surface area contributed by atoms with Gasteiger partial charge in [0.05, 0.1) is 4.75 Å². The first-order chi connectivity index (χ1) is 18.0. The molecule has 0 unspecified atom stereocenters. The number of carbonyl (C=O) groups is 1. The van der Waals surface area contributed by atoms with E-state index in [1.165, 1.54) is 26.8 Å². The fourth-order valence-electron chi connectivity index (χ4n) is 3.82. The van der Waals surface area contributed by atoms with Crippen LogP contribution in [0.15, 0.2) is 60.7 Å². The first-order valence-electron chi connectivity index (χ1n) is 12.3. The second-order valence-electron chi connectivity index (χ2n) is 10.0. The molecular formula is C28H31N5O4S. The molecule has 1 aromatic heterocycles. The first kappa shape index (κ1) is 27.1. The van der Waals surface area contributed by atoms with Crippen LogP contribution in [0.3, 0.4) is 0 Å². The van der Waals surface area contributed by atoms with Crippen LogP contribution in [0.2, 0.25) is 0 Å². The average molecular weight is 534 g/mol. The molecule has 2 N–H and O–H groups in total. The van der Waals surface area contributed by atoms with Gasteiger partial charge in [0.15, 0.2) is 11.5 Å². The molecule has 1 fully saturated rings. The number of sulfonamides is 1. The van der Waals surface area contributed by atoms with Crippen LogP contribution in [-0.2, 0) is 16.6 Å². The molecule has 0 saturated carbocycles. The Morgan fingerprint density at radius 1 is 0.974 bits per heavy atom. The molecule has 1 aliphatic rings. The van der Waals surface area contributed by atoms with Crippen molar-refractivity contribution in [3.63, 3.8) is 0 Å². The summed E-state index contributed by atoms with van der Waals surface area (Å²) in [6, 6.07) is 18.1. The Kier molecular flexibility index (Phi) is 7.99. The summed E-state index contributed by atoms with van der Waals surface area (Å²) < 4.78 is 25.4. The molecule has 2 aromatic carbocycles. The highest BCUT2D eigenvalue weighted by molar-refractivity contribution is 7.91. The van der Waals surface area contributed by atoms with E-state index in [9.17, 15) is 18.3 Å². The van der Waals surface area contributed by atoms with E-state index in [1.807, 2.05) is 24.3 Å². The van der Waals surface area contributed by atoms with Crippen molar-refractivity contribution in [3.8, 4) is 17.6 Å². The summed E-state index contributed by atoms with van der Waals surface area (Å²) in [5.41, 5.74) is 2.79. The van der Waals surface area contributed by atoms with Gasteiger partial charge in [0.1, 0.15) is 5.75 Å². The highest BCUT2D eigenvalue weighted by atomic mass is 32.2. The molecule has 3 aromatic rings. The van der Waals surface area contributed by atoms with Gasteiger partial charge in [0.25, 0.3) is 5.91 Å². The van der Waals surface area contributed by atoms with Crippen molar-refractivity contribution >= 4 is 21.7 Å². The van der Waals surface area contributed by atoms with E-state index in [0.717, 1.165) is 49.4 Å². The molecule has 10 heteroatoms. The third-order valence-corrected chi connectivity index (χ3v) is 8.28. The predicted octanol–water partition coefficient (Wildman–Crippen LogP) is 2.76. The Hall–Kier alpha value is -3.94. The summed E-state index contributed by atoms with van der Waals surface area (Å²) in [6.45, 7) is 8.38. The molecule has 0 spiro atoms. The smallest absolute Gasteiger partial charge is 0.285 e. The Labute approximate surface area is 223 Å². The van der Waals surface area contributed by atoms with Gasteiger partial charge in [-0.15, -0.1) is 10.2 Å². The second-order valence-corrected chi connectivity index (χ2v) is 12.5. The topological polar surface area (TPSA) is 116 Å². The lowest BCUT2D eigenvalue weighted by molar-refractivity contribution is 0.0974. The number of phenolic OH excluding ortho intramolecular Hbond substituents is 1. The van der Waals surface area contributed by atoms with E-state index >= 15 is 0 Å². The van der Waals surface area contributed by atoms with Gasteiger partial charge >= 0.3 is 0 Å². The lowest BCUT2D eigenvalue weighted by atomic mass is 10.1. The molecular weight excluding hydrogens is 502 g/mol. The molecule has 0 radical (unpaired) electrons. The number of phenols is 1. The van der Waals surface area contributed by atoms with Gasteiger partial charge in [-0.25, -0.2) is 13.1 Å². The van der Waals surface area contributed by atoms with Gasteiger partial charge in [-0.2, -0.15) is 0 Å². The Bertz CT molecular complexity index is 1460. The minimum atomic E-state index is -3.83. The Morgan fingerprint density at radius 2 is 1.71 bits per heavy atom. The highest BCUT2D eigenvalue weighted by Gasteiger charge is 2.31. The maximum Gasteiger partial charge on any atom is 0.285 e. The standard InChI is InChI=1S/C28H31N5O4S/c1-28(2,3)38(36,37)31-27(35)25-13-14-26(30-29-25)33-17-15-32(16-18-33)20-23-9-5-4-8-22(23)12-11-21-7-6-10-24(34)19-21/h4-10,13-14,19,34H,15-18,20H2,1-3H3,(H,31,35). The number of hydrogen-bond acceptors (Lipinski definition) is 8. The minimum Gasteiger partial charge on any atom is -0.508 e. The van der Waals surface area contributed by atoms with Crippen LogP contribution in [0.25, 0.3) is 0 Å². The molecule has 4 rings (SSSR count). The van der Waals surface area contributed by atoms with Crippen LogP contribution in [0.4, 0.5) is 5.82 Å². The van der Waals surface area contributed by atoms with Crippen LogP contribution in [-0.4, -0.2) is 65.5 Å². The number of nitrogens with one attached hydrogen (secondary N) is 1. The number of benzene rings is 2. The zero-order chi connectivity index (χ0) is 27.3. The summed E-state index contributed by atoms with van der Waals surface area (Å²) in [4.78, 5) is 16.8. The Morgan fingerprint density at radius 3 is 2.37 bits per heavy atom. The van der Waals surface area contributed by atoms with E-state index in [0.29, 0.717) is 5.82 Å². The molecule has 198 valence electrons. The van der Waals surface area contributed by atoms with Crippen molar-refractivity contribution < 1.29 is 18.3 Å². The first-order valence-corrected chi connectivity index (χ1v) is 13.8. The number of piperazine rings is 1. The maximum absolute atomic E-state index is 12.3. The summed E-state index contributed by atoms with van der Waals surface area (Å²) >= 11 is 0. The molecule has 2 heterocycles. The third-order valence-electron chi connectivity index (χ3n) is 6.21. The van der Waals surface area contributed by atoms with Crippen molar-refractivity contribution in [1.82, 2.24) is 19.8 Å². The minimum absolute atomic E-state index is 0.0522. The van der Waals surface area contributed by atoms with Crippen molar-refractivity contribution in [2.75, 3.05) is 31.1 Å². The number of carbonyl (C=O) groups excluding carboxylic acids is 1. The normalized spacial score (nSPS) is 14.4. The van der Waals surface area contributed by atoms with Crippen LogP contribution < -0.4 is 9.62 Å². The molecule has 0 aliphatic carbocycles. The van der Waals surface area contributed by atoms with Gasteiger partial charge < -0.3 is 10.0 Å². The lowest BCUT2D eigenvalue weighted by Crippen LogP contribution is -2.46. The fraction of sp³-hybridized carbons (Fsp3) is 0.321. The molecule has 1 amide bonds. The monoisotopic (exact) mass is 533 g/mol. The third kappa shape index (κ3) is 6.68. The summed E-state index contributed by atoms with van der Waals surface area (Å²) in [5.74, 6) is 6.39. The molecule has 0 bridgehead atoms. The van der Waals surface area contributed by atoms with Crippen molar-refractivity contribution in [1.29, 1.82) is 0 Å². The average Bonchev–Trinajstić information content (AvgIpc) is 2.88. The number of nitrogens with zero attached hydrogens (tertiary/aromatic N) is 4. The van der Waals surface area contributed by atoms with Crippen LogP contribution in [0.5, 0.6) is 5.75 Å². The SMILES string of the molecule is CC(C)(C)S(=O)(=O)NC(=O)c1ccc(N2CCN(Cc3ccccc3C#Cc3cccc(O)c3)CC2)nn1. The zero-order valence-corrected chi connectivity index (χ0v) is 22.5. The number of aromatic hydroxyl groups is 1. The lowest BCUT2D eigenvalue weighted by Gasteiger charge is -2.35. The van der Waals surface area contributed by atoms with Crippen LogP contribution in [0.1, 0.15) is 48.0 Å². The summed E-state index contributed by atoms with van der Waals surface area (Å²) in [7, 11) is -3.83. The van der Waals surface area contributed by atoms with E-state index in [1.54, 1.807) is 24.3 Å². The van der Waals surface area contributed by atoms with Gasteiger partial charge in [-0.1, -0.05) is 36.1 Å². The van der Waals surface area contributed by atoms with Crippen LogP contribution in [0, 0.1) is 11.8 Å². The van der Waals surface area contributed by atoms with Crippen LogP contribution >= 0.6 is 0 Å². The van der Waals surface area contributed by atoms with E-state index in [2.05, 4.69) is 42.6 Å². The number of aromatic nitrogens is 2. The largest absolute Gasteiger partial charge is 0.508 e. The van der Waals surface area contributed by atoms with E-state index in [4.69, 9.17) is 0 Å². The summed E-state index contributed by atoms with van der Waals surface area (Å²) in [5, 5.41) is 17.8. The zero-order valence-electron chi connectivity index (χ0n) is 21.7. The van der Waals surface area contributed by atoms with Crippen molar-refractivity contribution in [2.24, 2.45) is 0 Å².